The minimum absolute atomic E-state index is 0.449. The number of nitrogens with zero attached hydrogens (tertiary/aromatic N) is 2. The predicted octanol–water partition coefficient (Wildman–Crippen LogP) is 4.33. The zero-order chi connectivity index (χ0) is 14.4. The van der Waals surface area contributed by atoms with Gasteiger partial charge in [0.1, 0.15) is 29.2 Å². The van der Waals surface area contributed by atoms with Crippen molar-refractivity contribution in [2.45, 2.75) is 11.8 Å². The SMILES string of the molecule is CCSc1cccc(Oc2ccccc2C#N)c1C#N. The van der Waals surface area contributed by atoms with Gasteiger partial charge < -0.3 is 4.74 Å². The van der Waals surface area contributed by atoms with Crippen molar-refractivity contribution in [2.75, 3.05) is 5.75 Å². The van der Waals surface area contributed by atoms with Gasteiger partial charge in [0.25, 0.3) is 0 Å². The Bertz CT molecular complexity index is 698. The van der Waals surface area contributed by atoms with Gasteiger partial charge in [-0.3, -0.25) is 0 Å². The highest BCUT2D eigenvalue weighted by atomic mass is 32.2. The quantitative estimate of drug-likeness (QED) is 0.782. The van der Waals surface area contributed by atoms with Crippen molar-refractivity contribution in [1.29, 1.82) is 10.5 Å². The van der Waals surface area contributed by atoms with Crippen LogP contribution in [-0.4, -0.2) is 5.75 Å². The van der Waals surface area contributed by atoms with Gasteiger partial charge in [-0.15, -0.1) is 11.8 Å². The fourth-order valence-corrected chi connectivity index (χ4v) is 2.52. The molecule has 4 heteroatoms. The van der Waals surface area contributed by atoms with Gasteiger partial charge in [-0.2, -0.15) is 10.5 Å². The first-order chi connectivity index (χ1) is 9.80. The maximum absolute atomic E-state index is 9.32. The Morgan fingerprint density at radius 2 is 1.75 bits per heavy atom. The summed E-state index contributed by atoms with van der Waals surface area (Å²) < 4.78 is 5.75. The van der Waals surface area contributed by atoms with Crippen molar-refractivity contribution in [3.05, 3.63) is 53.6 Å². The van der Waals surface area contributed by atoms with E-state index in [1.807, 2.05) is 19.1 Å². The number of benzene rings is 2. The smallest absolute Gasteiger partial charge is 0.146 e. The van der Waals surface area contributed by atoms with Gasteiger partial charge in [-0.1, -0.05) is 25.1 Å². The molecule has 0 heterocycles. The van der Waals surface area contributed by atoms with Crippen molar-refractivity contribution in [1.82, 2.24) is 0 Å². The number of hydrogen-bond acceptors (Lipinski definition) is 4. The molecule has 0 bridgehead atoms. The van der Waals surface area contributed by atoms with E-state index < -0.39 is 0 Å². The van der Waals surface area contributed by atoms with E-state index in [-0.39, 0.29) is 0 Å². The molecular weight excluding hydrogens is 268 g/mol. The number of nitriles is 2. The third-order valence-corrected chi connectivity index (χ3v) is 3.57. The van der Waals surface area contributed by atoms with Crippen LogP contribution in [0.5, 0.6) is 11.5 Å². The van der Waals surface area contributed by atoms with E-state index in [1.165, 1.54) is 0 Å². The molecule has 0 atom stereocenters. The van der Waals surface area contributed by atoms with E-state index in [0.29, 0.717) is 22.6 Å². The summed E-state index contributed by atoms with van der Waals surface area (Å²) >= 11 is 1.59. The third kappa shape index (κ3) is 2.93. The molecule has 0 aliphatic carbocycles. The molecule has 0 radical (unpaired) electrons. The molecule has 0 amide bonds. The average Bonchev–Trinajstić information content (AvgIpc) is 2.48. The molecule has 0 aromatic heterocycles. The second-order valence-corrected chi connectivity index (χ2v) is 5.19. The van der Waals surface area contributed by atoms with Crippen LogP contribution in [0.4, 0.5) is 0 Å². The predicted molar refractivity (Wildman–Crippen MR) is 78.8 cm³/mol. The molecule has 2 aromatic rings. The summed E-state index contributed by atoms with van der Waals surface area (Å²) in [5.74, 6) is 1.83. The van der Waals surface area contributed by atoms with Gasteiger partial charge in [0.05, 0.1) is 5.56 Å². The second kappa shape index (κ2) is 6.65. The van der Waals surface area contributed by atoms with Gasteiger partial charge in [-0.25, -0.2) is 0 Å². The molecule has 98 valence electrons. The summed E-state index contributed by atoms with van der Waals surface area (Å²) in [6, 6.07) is 16.7. The van der Waals surface area contributed by atoms with Crippen molar-refractivity contribution in [3.8, 4) is 23.6 Å². The van der Waals surface area contributed by atoms with Gasteiger partial charge in [0, 0.05) is 4.90 Å². The second-order valence-electron chi connectivity index (χ2n) is 3.88. The van der Waals surface area contributed by atoms with Crippen LogP contribution in [0.3, 0.4) is 0 Å². The average molecular weight is 280 g/mol. The molecule has 0 aliphatic rings. The molecule has 2 rings (SSSR count). The van der Waals surface area contributed by atoms with Crippen LogP contribution in [-0.2, 0) is 0 Å². The first kappa shape index (κ1) is 14.0. The number of ether oxygens (including phenoxy) is 1. The molecule has 20 heavy (non-hydrogen) atoms. The zero-order valence-corrected chi connectivity index (χ0v) is 11.8. The molecule has 0 saturated heterocycles. The van der Waals surface area contributed by atoms with Crippen LogP contribution in [0.1, 0.15) is 18.1 Å². The number of rotatable bonds is 4. The van der Waals surface area contributed by atoms with Gasteiger partial charge in [0.2, 0.25) is 0 Å². The van der Waals surface area contributed by atoms with Crippen molar-refractivity contribution >= 4 is 11.8 Å². The van der Waals surface area contributed by atoms with Crippen LogP contribution in [0.2, 0.25) is 0 Å². The van der Waals surface area contributed by atoms with E-state index in [2.05, 4.69) is 12.1 Å². The Morgan fingerprint density at radius 1 is 1.00 bits per heavy atom. The van der Waals surface area contributed by atoms with Gasteiger partial charge in [0.15, 0.2) is 0 Å². The van der Waals surface area contributed by atoms with E-state index in [4.69, 9.17) is 10.00 Å². The van der Waals surface area contributed by atoms with E-state index in [9.17, 15) is 5.26 Å². The lowest BCUT2D eigenvalue weighted by molar-refractivity contribution is 0.478. The van der Waals surface area contributed by atoms with Crippen molar-refractivity contribution in [3.63, 3.8) is 0 Å². The number of hydrogen-bond donors (Lipinski definition) is 0. The molecule has 0 saturated carbocycles. The number of thioether (sulfide) groups is 1. The summed E-state index contributed by atoms with van der Waals surface area (Å²) in [5, 5.41) is 18.4. The zero-order valence-electron chi connectivity index (χ0n) is 11.0. The molecule has 0 fully saturated rings. The third-order valence-electron chi connectivity index (χ3n) is 2.63. The lowest BCUT2D eigenvalue weighted by Gasteiger charge is -2.11. The van der Waals surface area contributed by atoms with Crippen molar-refractivity contribution in [2.24, 2.45) is 0 Å². The van der Waals surface area contributed by atoms with Crippen LogP contribution < -0.4 is 4.74 Å². The van der Waals surface area contributed by atoms with E-state index >= 15 is 0 Å². The molecular formula is C16H12N2OS. The van der Waals surface area contributed by atoms with Crippen LogP contribution in [0.25, 0.3) is 0 Å². The Hall–Kier alpha value is -2.43. The molecule has 3 nitrogen and oxygen atoms in total. The standard InChI is InChI=1S/C16H12N2OS/c1-2-20-16-9-5-8-15(13(16)11-18)19-14-7-4-3-6-12(14)10-17/h3-9H,2H2,1H3. The molecule has 0 spiro atoms. The minimum Gasteiger partial charge on any atom is -0.455 e. The molecule has 2 aromatic carbocycles. The van der Waals surface area contributed by atoms with E-state index in [0.717, 1.165) is 10.6 Å². The Labute approximate surface area is 122 Å². The first-order valence-corrected chi connectivity index (χ1v) is 7.11. The fraction of sp³-hybridized carbons (Fsp3) is 0.125. The molecule has 0 unspecified atom stereocenters. The maximum Gasteiger partial charge on any atom is 0.146 e. The monoisotopic (exact) mass is 280 g/mol. The summed E-state index contributed by atoms with van der Waals surface area (Å²) in [6.45, 7) is 2.03. The highest BCUT2D eigenvalue weighted by Crippen LogP contribution is 2.33. The highest BCUT2D eigenvalue weighted by Gasteiger charge is 2.11. The Kier molecular flexibility index (Phi) is 4.65. The number of para-hydroxylation sites is 1. The van der Waals surface area contributed by atoms with Gasteiger partial charge >= 0.3 is 0 Å². The molecule has 0 N–H and O–H groups in total. The topological polar surface area (TPSA) is 56.8 Å². The van der Waals surface area contributed by atoms with E-state index in [1.54, 1.807) is 42.1 Å². The summed E-state index contributed by atoms with van der Waals surface area (Å²) in [5.41, 5.74) is 0.956. The van der Waals surface area contributed by atoms with Crippen LogP contribution in [0, 0.1) is 22.7 Å². The normalized spacial score (nSPS) is 9.55. The summed E-state index contributed by atoms with van der Waals surface area (Å²) in [6.07, 6.45) is 0. The van der Waals surface area contributed by atoms with Crippen LogP contribution in [0.15, 0.2) is 47.4 Å². The largest absolute Gasteiger partial charge is 0.455 e. The lowest BCUT2D eigenvalue weighted by atomic mass is 10.2. The Balaban J connectivity index is 2.42. The van der Waals surface area contributed by atoms with Crippen molar-refractivity contribution < 1.29 is 4.74 Å². The molecule has 0 aliphatic heterocycles. The Morgan fingerprint density at radius 3 is 2.45 bits per heavy atom. The van der Waals surface area contributed by atoms with Gasteiger partial charge in [-0.05, 0) is 30.0 Å². The maximum atomic E-state index is 9.32. The first-order valence-electron chi connectivity index (χ1n) is 6.13. The summed E-state index contributed by atoms with van der Waals surface area (Å²) in [4.78, 5) is 0.891. The van der Waals surface area contributed by atoms with Crippen LogP contribution >= 0.6 is 11.8 Å². The fourth-order valence-electron chi connectivity index (χ4n) is 1.75. The lowest BCUT2D eigenvalue weighted by Crippen LogP contribution is -1.92. The minimum atomic E-state index is 0.449. The summed E-state index contributed by atoms with van der Waals surface area (Å²) in [7, 11) is 0. The highest BCUT2D eigenvalue weighted by molar-refractivity contribution is 7.99.